The van der Waals surface area contributed by atoms with E-state index in [0.29, 0.717) is 38.5 Å². The lowest BCUT2D eigenvalue weighted by molar-refractivity contribution is -0.151. The molecular formula is C20H29NO4. The minimum Gasteiger partial charge on any atom is -0.478 e. The Labute approximate surface area is 150 Å². The predicted octanol–water partition coefficient (Wildman–Crippen LogP) is 3.65. The summed E-state index contributed by atoms with van der Waals surface area (Å²) in [7, 11) is 1.44. The van der Waals surface area contributed by atoms with E-state index in [1.165, 1.54) is 39.2 Å². The Morgan fingerprint density at radius 3 is 2.64 bits per heavy atom. The van der Waals surface area contributed by atoms with Crippen LogP contribution < -0.4 is 4.74 Å². The first kappa shape index (κ1) is 18.2. The summed E-state index contributed by atoms with van der Waals surface area (Å²) in [5, 5.41) is 0. The maximum Gasteiger partial charge on any atom is 0.316 e. The molecule has 0 radical (unpaired) electrons. The lowest BCUT2D eigenvalue weighted by Gasteiger charge is -2.34. The summed E-state index contributed by atoms with van der Waals surface area (Å²) in [6.45, 7) is 1.84. The number of pyridine rings is 1. The third-order valence-corrected chi connectivity index (χ3v) is 5.71. The van der Waals surface area contributed by atoms with Crippen LogP contribution in [0.15, 0.2) is 18.3 Å². The van der Waals surface area contributed by atoms with E-state index in [1.54, 1.807) is 6.20 Å². The summed E-state index contributed by atoms with van der Waals surface area (Å²) < 4.78 is 16.3. The van der Waals surface area contributed by atoms with Crippen LogP contribution in [0, 0.1) is 5.92 Å². The molecule has 0 bridgehead atoms. The van der Waals surface area contributed by atoms with Crippen LogP contribution in [-0.4, -0.2) is 37.9 Å². The molecule has 1 saturated carbocycles. The van der Waals surface area contributed by atoms with Gasteiger partial charge < -0.3 is 14.2 Å². The molecule has 1 saturated heterocycles. The molecule has 1 aromatic rings. The molecule has 0 aromatic carbocycles. The quantitative estimate of drug-likeness (QED) is 0.735. The first-order valence-electron chi connectivity index (χ1n) is 9.50. The molecule has 5 nitrogen and oxygen atoms in total. The van der Waals surface area contributed by atoms with Crippen molar-refractivity contribution in [3.8, 4) is 5.88 Å². The molecule has 0 spiro atoms. The number of aromatic nitrogens is 1. The SMILES string of the molecule is COC(=O)C1(c2ccc(OCCC3CCCCC3)nc2)CCOCC1. The van der Waals surface area contributed by atoms with Gasteiger partial charge in [0.2, 0.25) is 5.88 Å². The summed E-state index contributed by atoms with van der Waals surface area (Å²) in [5.41, 5.74) is 0.253. The molecule has 5 heteroatoms. The van der Waals surface area contributed by atoms with Gasteiger partial charge in [-0.15, -0.1) is 0 Å². The van der Waals surface area contributed by atoms with E-state index in [9.17, 15) is 4.79 Å². The van der Waals surface area contributed by atoms with Crippen LogP contribution in [0.5, 0.6) is 5.88 Å². The average Bonchev–Trinajstić information content (AvgIpc) is 2.69. The molecule has 0 N–H and O–H groups in total. The smallest absolute Gasteiger partial charge is 0.316 e. The van der Waals surface area contributed by atoms with E-state index in [2.05, 4.69) is 4.98 Å². The number of ether oxygens (including phenoxy) is 3. The number of rotatable bonds is 6. The van der Waals surface area contributed by atoms with E-state index in [4.69, 9.17) is 14.2 Å². The van der Waals surface area contributed by atoms with Crippen molar-refractivity contribution < 1.29 is 19.0 Å². The van der Waals surface area contributed by atoms with Crippen molar-refractivity contribution >= 4 is 5.97 Å². The van der Waals surface area contributed by atoms with E-state index in [-0.39, 0.29) is 5.97 Å². The molecule has 0 atom stereocenters. The highest BCUT2D eigenvalue weighted by atomic mass is 16.5. The second-order valence-corrected chi connectivity index (χ2v) is 7.21. The highest BCUT2D eigenvalue weighted by molar-refractivity contribution is 5.83. The third-order valence-electron chi connectivity index (χ3n) is 5.71. The minimum atomic E-state index is -0.638. The van der Waals surface area contributed by atoms with Gasteiger partial charge in [-0.1, -0.05) is 38.2 Å². The molecule has 0 unspecified atom stereocenters. The second-order valence-electron chi connectivity index (χ2n) is 7.21. The molecule has 1 aromatic heterocycles. The van der Waals surface area contributed by atoms with Gasteiger partial charge in [-0.2, -0.15) is 0 Å². The highest BCUT2D eigenvalue weighted by Gasteiger charge is 2.43. The van der Waals surface area contributed by atoms with Crippen molar-refractivity contribution in [2.75, 3.05) is 26.9 Å². The van der Waals surface area contributed by atoms with Crippen molar-refractivity contribution in [3.05, 3.63) is 23.9 Å². The first-order chi connectivity index (χ1) is 12.2. The Morgan fingerprint density at radius 2 is 2.00 bits per heavy atom. The van der Waals surface area contributed by atoms with Gasteiger partial charge in [0.1, 0.15) is 0 Å². The van der Waals surface area contributed by atoms with Crippen molar-refractivity contribution in [1.29, 1.82) is 0 Å². The maximum absolute atomic E-state index is 12.4. The normalized spacial score (nSPS) is 20.8. The third kappa shape index (κ3) is 4.32. The fourth-order valence-electron chi connectivity index (χ4n) is 4.08. The van der Waals surface area contributed by atoms with Crippen molar-refractivity contribution in [2.24, 2.45) is 5.92 Å². The van der Waals surface area contributed by atoms with Gasteiger partial charge in [-0.05, 0) is 30.7 Å². The number of hydrogen-bond acceptors (Lipinski definition) is 5. The summed E-state index contributed by atoms with van der Waals surface area (Å²) in [4.78, 5) is 16.8. The lowest BCUT2D eigenvalue weighted by Crippen LogP contribution is -2.42. The van der Waals surface area contributed by atoms with Gasteiger partial charge in [0, 0.05) is 25.5 Å². The monoisotopic (exact) mass is 347 g/mol. The zero-order valence-corrected chi connectivity index (χ0v) is 15.2. The van der Waals surface area contributed by atoms with Crippen LogP contribution in [0.1, 0.15) is 56.9 Å². The predicted molar refractivity (Wildman–Crippen MR) is 94.7 cm³/mol. The fourth-order valence-corrected chi connectivity index (χ4v) is 4.08. The number of nitrogens with zero attached hydrogens (tertiary/aromatic N) is 1. The molecule has 1 aliphatic heterocycles. The van der Waals surface area contributed by atoms with Crippen LogP contribution in [0.4, 0.5) is 0 Å². The van der Waals surface area contributed by atoms with Crippen LogP contribution in [-0.2, 0) is 19.7 Å². The number of hydrogen-bond donors (Lipinski definition) is 0. The van der Waals surface area contributed by atoms with E-state index in [0.717, 1.165) is 17.9 Å². The minimum absolute atomic E-state index is 0.205. The number of carbonyl (C=O) groups excluding carboxylic acids is 1. The van der Waals surface area contributed by atoms with Crippen LogP contribution in [0.2, 0.25) is 0 Å². The first-order valence-corrected chi connectivity index (χ1v) is 9.50. The number of carbonyl (C=O) groups is 1. The van der Waals surface area contributed by atoms with Gasteiger partial charge in [-0.25, -0.2) is 4.98 Å². The Balaban J connectivity index is 1.59. The fraction of sp³-hybridized carbons (Fsp3) is 0.700. The van der Waals surface area contributed by atoms with Crippen molar-refractivity contribution in [1.82, 2.24) is 4.98 Å². The van der Waals surface area contributed by atoms with Crippen LogP contribution in [0.25, 0.3) is 0 Å². The van der Waals surface area contributed by atoms with E-state index < -0.39 is 5.41 Å². The number of methoxy groups -OCH3 is 1. The summed E-state index contributed by atoms with van der Waals surface area (Å²) in [5.74, 6) is 1.23. The van der Waals surface area contributed by atoms with E-state index >= 15 is 0 Å². The van der Waals surface area contributed by atoms with Crippen LogP contribution in [0.3, 0.4) is 0 Å². The number of esters is 1. The van der Waals surface area contributed by atoms with Gasteiger partial charge in [0.15, 0.2) is 0 Å². The molecule has 138 valence electrons. The molecule has 2 fully saturated rings. The Bertz CT molecular complexity index is 545. The largest absolute Gasteiger partial charge is 0.478 e. The Kier molecular flexibility index (Phi) is 6.29. The standard InChI is InChI=1S/C20H29NO4/c1-23-19(22)20(10-13-24-14-11-20)17-7-8-18(21-15-17)25-12-9-16-5-3-2-4-6-16/h7-8,15-16H,2-6,9-14H2,1H3. The molecule has 25 heavy (non-hydrogen) atoms. The van der Waals surface area contributed by atoms with E-state index in [1.807, 2.05) is 12.1 Å². The molecule has 2 heterocycles. The summed E-state index contributed by atoms with van der Waals surface area (Å²) in [6, 6.07) is 3.82. The zero-order chi connectivity index (χ0) is 17.5. The Morgan fingerprint density at radius 1 is 1.24 bits per heavy atom. The molecule has 3 rings (SSSR count). The summed E-state index contributed by atoms with van der Waals surface area (Å²) in [6.07, 6.45) is 10.9. The molecule has 2 aliphatic rings. The van der Waals surface area contributed by atoms with Crippen LogP contribution >= 0.6 is 0 Å². The van der Waals surface area contributed by atoms with Crippen molar-refractivity contribution in [3.63, 3.8) is 0 Å². The average molecular weight is 347 g/mol. The van der Waals surface area contributed by atoms with Gasteiger partial charge in [0.25, 0.3) is 0 Å². The topological polar surface area (TPSA) is 57.7 Å². The van der Waals surface area contributed by atoms with Gasteiger partial charge in [-0.3, -0.25) is 4.79 Å². The van der Waals surface area contributed by atoms with Gasteiger partial charge in [0.05, 0.1) is 19.1 Å². The maximum atomic E-state index is 12.4. The molecule has 1 aliphatic carbocycles. The second kappa shape index (κ2) is 8.65. The highest BCUT2D eigenvalue weighted by Crippen LogP contribution is 2.36. The van der Waals surface area contributed by atoms with Crippen molar-refractivity contribution in [2.45, 2.75) is 56.8 Å². The zero-order valence-electron chi connectivity index (χ0n) is 15.2. The Hall–Kier alpha value is -1.62. The summed E-state index contributed by atoms with van der Waals surface area (Å²) >= 11 is 0. The van der Waals surface area contributed by atoms with Gasteiger partial charge >= 0.3 is 5.97 Å². The molecule has 0 amide bonds. The molecular weight excluding hydrogens is 318 g/mol. The lowest BCUT2D eigenvalue weighted by atomic mass is 9.75.